The highest BCUT2D eigenvalue weighted by atomic mass is 19.1. The molecule has 2 fully saturated rings. The van der Waals surface area contributed by atoms with E-state index in [1.807, 2.05) is 24.0 Å². The summed E-state index contributed by atoms with van der Waals surface area (Å²) < 4.78 is 36.5. The van der Waals surface area contributed by atoms with Crippen LogP contribution in [0, 0.1) is 11.6 Å². The van der Waals surface area contributed by atoms with E-state index in [0.717, 1.165) is 24.5 Å². The molecule has 2 aromatic heterocycles. The lowest BCUT2D eigenvalue weighted by molar-refractivity contribution is 0.00389. The molecule has 10 heteroatoms. The molecule has 182 valence electrons. The molecule has 0 bridgehead atoms. The molecule has 0 radical (unpaired) electrons. The van der Waals surface area contributed by atoms with Crippen LogP contribution in [0.2, 0.25) is 0 Å². The molecular formula is C25H26F2N6O2. The van der Waals surface area contributed by atoms with E-state index in [1.165, 1.54) is 12.1 Å². The molecule has 4 heterocycles. The number of rotatable bonds is 4. The first-order valence-electron chi connectivity index (χ1n) is 12.0. The largest absolute Gasteiger partial charge is 0.373 e. The SMILES string of the molecule is CC1Nc2c(nc([C@H]3CCO[C@@H](c4cnn(C5CC5)c4)C3)nc2-c2ccc(F)cc2F)C(=O)N1C. The van der Waals surface area contributed by atoms with E-state index >= 15 is 0 Å². The number of hydrogen-bond donors (Lipinski definition) is 1. The summed E-state index contributed by atoms with van der Waals surface area (Å²) in [6.45, 7) is 2.33. The summed E-state index contributed by atoms with van der Waals surface area (Å²) >= 11 is 0. The highest BCUT2D eigenvalue weighted by Gasteiger charge is 2.35. The van der Waals surface area contributed by atoms with Gasteiger partial charge in [-0.1, -0.05) is 0 Å². The number of carbonyl (C=O) groups excluding carboxylic acids is 1. The van der Waals surface area contributed by atoms with Crippen molar-refractivity contribution in [2.45, 2.75) is 56.8 Å². The average molecular weight is 481 g/mol. The Balaban J connectivity index is 1.40. The Morgan fingerprint density at radius 3 is 2.71 bits per heavy atom. The second-order valence-electron chi connectivity index (χ2n) is 9.58. The van der Waals surface area contributed by atoms with E-state index in [1.54, 1.807) is 11.9 Å². The van der Waals surface area contributed by atoms with Gasteiger partial charge in [-0.05, 0) is 44.7 Å². The van der Waals surface area contributed by atoms with Crippen LogP contribution >= 0.6 is 0 Å². The Hall–Kier alpha value is -3.40. The van der Waals surface area contributed by atoms with Crippen LogP contribution < -0.4 is 5.32 Å². The van der Waals surface area contributed by atoms with Gasteiger partial charge in [0, 0.05) is 43.0 Å². The molecule has 35 heavy (non-hydrogen) atoms. The molecule has 6 rings (SSSR count). The molecule has 0 spiro atoms. The number of hydrogen-bond acceptors (Lipinski definition) is 6. The van der Waals surface area contributed by atoms with Gasteiger partial charge < -0.3 is 15.0 Å². The number of aromatic nitrogens is 4. The molecule has 1 saturated carbocycles. The summed E-state index contributed by atoms with van der Waals surface area (Å²) in [7, 11) is 1.69. The van der Waals surface area contributed by atoms with Crippen molar-refractivity contribution in [1.29, 1.82) is 0 Å². The van der Waals surface area contributed by atoms with E-state index in [4.69, 9.17) is 9.72 Å². The van der Waals surface area contributed by atoms with E-state index < -0.39 is 11.6 Å². The van der Waals surface area contributed by atoms with E-state index in [-0.39, 0.29) is 41.0 Å². The Morgan fingerprint density at radius 2 is 1.94 bits per heavy atom. The highest BCUT2D eigenvalue weighted by Crippen LogP contribution is 2.41. The fourth-order valence-electron chi connectivity index (χ4n) is 4.80. The second kappa shape index (κ2) is 8.37. The van der Waals surface area contributed by atoms with Crippen LogP contribution in [0.5, 0.6) is 0 Å². The van der Waals surface area contributed by atoms with Crippen LogP contribution in [-0.2, 0) is 4.74 Å². The smallest absolute Gasteiger partial charge is 0.276 e. The standard InChI is InChI=1S/C25H26F2N6O2/c1-13-29-22-21(18-6-3-16(26)10-19(18)27)30-24(31-23(22)25(34)32(13)2)14-7-8-35-20(9-14)15-11-28-33(12-15)17-4-5-17/h3,6,10-14,17,20,29H,4-5,7-9H2,1-2H3/t13?,14-,20+/m0/s1. The van der Waals surface area contributed by atoms with Gasteiger partial charge >= 0.3 is 0 Å². The number of anilines is 1. The molecule has 2 aliphatic heterocycles. The topological polar surface area (TPSA) is 85.2 Å². The lowest BCUT2D eigenvalue weighted by atomic mass is 9.91. The van der Waals surface area contributed by atoms with Crippen LogP contribution in [-0.4, -0.2) is 50.4 Å². The number of amides is 1. The minimum absolute atomic E-state index is 0.0944. The number of fused-ring (bicyclic) bond motifs is 1. The summed E-state index contributed by atoms with van der Waals surface area (Å²) in [4.78, 5) is 24.1. The summed E-state index contributed by atoms with van der Waals surface area (Å²) in [5.41, 5.74) is 1.96. The van der Waals surface area contributed by atoms with Gasteiger partial charge in [0.1, 0.15) is 23.2 Å². The first kappa shape index (κ1) is 22.1. The first-order chi connectivity index (χ1) is 16.9. The van der Waals surface area contributed by atoms with Gasteiger partial charge in [-0.15, -0.1) is 0 Å². The molecule has 3 atom stereocenters. The van der Waals surface area contributed by atoms with Crippen molar-refractivity contribution in [2.24, 2.45) is 0 Å². The fourth-order valence-corrected chi connectivity index (χ4v) is 4.80. The normalized spacial score (nSPS) is 24.3. The summed E-state index contributed by atoms with van der Waals surface area (Å²) in [6, 6.07) is 3.85. The van der Waals surface area contributed by atoms with Gasteiger partial charge in [0.05, 0.1) is 30.2 Å². The average Bonchev–Trinajstić information content (AvgIpc) is 3.59. The number of halogens is 2. The molecule has 8 nitrogen and oxygen atoms in total. The van der Waals surface area contributed by atoms with Crippen molar-refractivity contribution in [3.63, 3.8) is 0 Å². The van der Waals surface area contributed by atoms with Gasteiger partial charge in [-0.3, -0.25) is 9.48 Å². The zero-order chi connectivity index (χ0) is 24.3. The maximum atomic E-state index is 14.9. The Kier molecular flexibility index (Phi) is 5.28. The van der Waals surface area contributed by atoms with Crippen molar-refractivity contribution in [3.05, 3.63) is 59.3 Å². The lowest BCUT2D eigenvalue weighted by Gasteiger charge is -2.34. The highest BCUT2D eigenvalue weighted by molar-refractivity contribution is 6.02. The number of ether oxygens (including phenoxy) is 1. The Morgan fingerprint density at radius 1 is 1.14 bits per heavy atom. The molecule has 1 aliphatic carbocycles. The lowest BCUT2D eigenvalue weighted by Crippen LogP contribution is -2.45. The molecular weight excluding hydrogens is 454 g/mol. The van der Waals surface area contributed by atoms with Crippen molar-refractivity contribution in [1.82, 2.24) is 24.6 Å². The number of nitrogens with zero attached hydrogens (tertiary/aromatic N) is 5. The summed E-state index contributed by atoms with van der Waals surface area (Å²) in [5.74, 6) is -1.32. The first-order valence-corrected chi connectivity index (χ1v) is 12.0. The molecule has 3 aliphatic rings. The van der Waals surface area contributed by atoms with Crippen LogP contribution in [0.3, 0.4) is 0 Å². The van der Waals surface area contributed by atoms with Crippen LogP contribution in [0.1, 0.15) is 72.5 Å². The Bertz CT molecular complexity index is 1310. The number of carbonyl (C=O) groups is 1. The minimum atomic E-state index is -0.741. The quantitative estimate of drug-likeness (QED) is 0.595. The van der Waals surface area contributed by atoms with E-state index in [9.17, 15) is 13.6 Å². The summed E-state index contributed by atoms with van der Waals surface area (Å²) in [5, 5.41) is 7.70. The molecule has 1 saturated heterocycles. The van der Waals surface area contributed by atoms with Crippen LogP contribution in [0.4, 0.5) is 14.5 Å². The number of nitrogens with one attached hydrogen (secondary N) is 1. The third kappa shape index (κ3) is 3.95. The Labute approximate surface area is 201 Å². The number of benzene rings is 1. The van der Waals surface area contributed by atoms with Crippen molar-refractivity contribution >= 4 is 11.6 Å². The molecule has 1 N–H and O–H groups in total. The molecule has 1 amide bonds. The minimum Gasteiger partial charge on any atom is -0.373 e. The zero-order valence-electron chi connectivity index (χ0n) is 19.5. The van der Waals surface area contributed by atoms with Gasteiger partial charge in [0.25, 0.3) is 5.91 Å². The third-order valence-electron chi connectivity index (χ3n) is 7.13. The maximum Gasteiger partial charge on any atom is 0.276 e. The molecule has 1 aromatic carbocycles. The fraction of sp³-hybridized carbons (Fsp3) is 0.440. The van der Waals surface area contributed by atoms with Gasteiger partial charge in [0.15, 0.2) is 5.69 Å². The maximum absolute atomic E-state index is 14.9. The van der Waals surface area contributed by atoms with Crippen LogP contribution in [0.15, 0.2) is 30.6 Å². The summed E-state index contributed by atoms with van der Waals surface area (Å²) in [6.07, 6.45) is 6.99. The third-order valence-corrected chi connectivity index (χ3v) is 7.13. The molecule has 3 aromatic rings. The predicted octanol–water partition coefficient (Wildman–Crippen LogP) is 4.43. The van der Waals surface area contributed by atoms with E-state index in [0.29, 0.717) is 37.0 Å². The van der Waals surface area contributed by atoms with E-state index in [2.05, 4.69) is 15.4 Å². The second-order valence-corrected chi connectivity index (χ2v) is 9.58. The van der Waals surface area contributed by atoms with Gasteiger partial charge in [-0.25, -0.2) is 18.7 Å². The van der Waals surface area contributed by atoms with Gasteiger partial charge in [0.2, 0.25) is 0 Å². The van der Waals surface area contributed by atoms with Crippen molar-refractivity contribution in [3.8, 4) is 11.3 Å². The van der Waals surface area contributed by atoms with Crippen molar-refractivity contribution in [2.75, 3.05) is 19.0 Å². The zero-order valence-corrected chi connectivity index (χ0v) is 19.5. The monoisotopic (exact) mass is 480 g/mol. The van der Waals surface area contributed by atoms with Crippen LogP contribution in [0.25, 0.3) is 11.3 Å². The molecule has 1 unspecified atom stereocenters. The van der Waals surface area contributed by atoms with Crippen molar-refractivity contribution < 1.29 is 18.3 Å². The predicted molar refractivity (Wildman–Crippen MR) is 124 cm³/mol. The van der Waals surface area contributed by atoms with Gasteiger partial charge in [-0.2, -0.15) is 5.10 Å².